The van der Waals surface area contributed by atoms with Gasteiger partial charge in [0.25, 0.3) is 0 Å². The number of hydrogen-bond acceptors (Lipinski definition) is 2. The maximum Gasteiger partial charge on any atom is 0.108 e. The van der Waals surface area contributed by atoms with Gasteiger partial charge in [0.05, 0.1) is 0 Å². The van der Waals surface area contributed by atoms with E-state index in [4.69, 9.17) is 5.11 Å². The molecule has 0 atom stereocenters. The van der Waals surface area contributed by atoms with E-state index in [1.165, 1.54) is 18.7 Å². The number of rotatable bonds is 7. The van der Waals surface area contributed by atoms with Crippen molar-refractivity contribution in [1.29, 1.82) is 0 Å². The van der Waals surface area contributed by atoms with Crippen molar-refractivity contribution >= 4 is 0 Å². The lowest BCUT2D eigenvalue weighted by molar-refractivity contribution is 0.281. The van der Waals surface area contributed by atoms with Gasteiger partial charge in [-0.25, -0.2) is 4.98 Å². The number of aromatic nitrogens is 2. The van der Waals surface area contributed by atoms with E-state index in [-0.39, 0.29) is 0 Å². The summed E-state index contributed by atoms with van der Waals surface area (Å²) in [6.07, 6.45) is 9.30. The van der Waals surface area contributed by atoms with Gasteiger partial charge in [-0.05, 0) is 19.3 Å². The highest BCUT2D eigenvalue weighted by molar-refractivity contribution is 4.92. The average Bonchev–Trinajstić information content (AvgIpc) is 2.63. The first-order valence-electron chi connectivity index (χ1n) is 5.49. The van der Waals surface area contributed by atoms with Crippen LogP contribution in [-0.2, 0) is 13.0 Å². The molecule has 0 radical (unpaired) electrons. The van der Waals surface area contributed by atoms with E-state index in [1.54, 1.807) is 0 Å². The number of aliphatic hydroxyl groups is 1. The molecule has 1 N–H and O–H groups in total. The molecule has 0 saturated heterocycles. The Morgan fingerprint density at radius 3 is 2.93 bits per heavy atom. The fraction of sp³-hybridized carbons (Fsp3) is 0.727. The number of imidazole rings is 1. The molecule has 1 aromatic rings. The van der Waals surface area contributed by atoms with E-state index in [1.807, 2.05) is 12.4 Å². The van der Waals surface area contributed by atoms with Gasteiger partial charge in [-0.2, -0.15) is 0 Å². The van der Waals surface area contributed by atoms with Gasteiger partial charge in [0.1, 0.15) is 5.82 Å². The first kappa shape index (κ1) is 11.2. The zero-order valence-corrected chi connectivity index (χ0v) is 8.95. The van der Waals surface area contributed by atoms with Crippen molar-refractivity contribution in [2.45, 2.75) is 45.6 Å². The van der Waals surface area contributed by atoms with Crippen LogP contribution >= 0.6 is 0 Å². The van der Waals surface area contributed by atoms with Gasteiger partial charge in [0, 0.05) is 32.0 Å². The molecular weight excluding hydrogens is 176 g/mol. The summed E-state index contributed by atoms with van der Waals surface area (Å²) in [4.78, 5) is 4.33. The maximum atomic E-state index is 8.68. The summed E-state index contributed by atoms with van der Waals surface area (Å²) in [5.74, 6) is 1.18. The van der Waals surface area contributed by atoms with Crippen LogP contribution in [0.15, 0.2) is 12.4 Å². The van der Waals surface area contributed by atoms with Crippen LogP contribution in [0.2, 0.25) is 0 Å². The Labute approximate surface area is 85.8 Å². The van der Waals surface area contributed by atoms with Crippen LogP contribution in [0.25, 0.3) is 0 Å². The molecule has 3 nitrogen and oxygen atoms in total. The Balaban J connectivity index is 2.37. The average molecular weight is 196 g/mol. The summed E-state index contributed by atoms with van der Waals surface area (Å²) in [6, 6.07) is 0. The number of nitrogens with zero attached hydrogens (tertiary/aromatic N) is 2. The molecule has 3 heteroatoms. The van der Waals surface area contributed by atoms with Crippen molar-refractivity contribution < 1.29 is 5.11 Å². The smallest absolute Gasteiger partial charge is 0.108 e. The van der Waals surface area contributed by atoms with E-state index < -0.39 is 0 Å². The molecule has 80 valence electrons. The lowest BCUT2D eigenvalue weighted by Gasteiger charge is -2.06. The van der Waals surface area contributed by atoms with Crippen molar-refractivity contribution in [3.63, 3.8) is 0 Å². The van der Waals surface area contributed by atoms with E-state index in [0.29, 0.717) is 6.61 Å². The van der Waals surface area contributed by atoms with Crippen LogP contribution in [0.1, 0.15) is 38.4 Å². The van der Waals surface area contributed by atoms with Crippen molar-refractivity contribution in [2.24, 2.45) is 0 Å². The Kier molecular flexibility index (Phi) is 5.30. The molecule has 0 aliphatic carbocycles. The lowest BCUT2D eigenvalue weighted by atomic mass is 10.2. The van der Waals surface area contributed by atoms with E-state index in [0.717, 1.165) is 25.8 Å². The molecular formula is C11H20N2O. The Morgan fingerprint density at radius 2 is 2.21 bits per heavy atom. The molecule has 0 amide bonds. The summed E-state index contributed by atoms with van der Waals surface area (Å²) in [7, 11) is 0. The van der Waals surface area contributed by atoms with Gasteiger partial charge in [-0.1, -0.05) is 13.3 Å². The van der Waals surface area contributed by atoms with Crippen LogP contribution < -0.4 is 0 Å². The molecule has 0 saturated carbocycles. The second-order valence-electron chi connectivity index (χ2n) is 3.57. The van der Waals surface area contributed by atoms with Gasteiger partial charge in [-0.3, -0.25) is 0 Å². The number of aliphatic hydroxyl groups excluding tert-OH is 1. The fourth-order valence-corrected chi connectivity index (χ4v) is 1.50. The second kappa shape index (κ2) is 6.60. The van der Waals surface area contributed by atoms with Crippen molar-refractivity contribution in [2.75, 3.05) is 6.61 Å². The highest BCUT2D eigenvalue weighted by Gasteiger charge is 2.00. The summed E-state index contributed by atoms with van der Waals surface area (Å²) in [5, 5.41) is 8.68. The number of hydrogen-bond donors (Lipinski definition) is 1. The highest BCUT2D eigenvalue weighted by atomic mass is 16.2. The first-order chi connectivity index (χ1) is 6.88. The number of aryl methyl sites for hydroxylation is 2. The number of unbranched alkanes of at least 4 members (excludes halogenated alkanes) is 2. The quantitative estimate of drug-likeness (QED) is 0.677. The first-order valence-corrected chi connectivity index (χ1v) is 5.49. The molecule has 0 aromatic carbocycles. The Morgan fingerprint density at radius 1 is 1.36 bits per heavy atom. The molecule has 14 heavy (non-hydrogen) atoms. The van der Waals surface area contributed by atoms with Gasteiger partial charge in [0.15, 0.2) is 0 Å². The van der Waals surface area contributed by atoms with Gasteiger partial charge < -0.3 is 9.67 Å². The summed E-state index contributed by atoms with van der Waals surface area (Å²) in [6.45, 7) is 3.47. The predicted molar refractivity (Wildman–Crippen MR) is 57.2 cm³/mol. The third-order valence-electron chi connectivity index (χ3n) is 2.36. The van der Waals surface area contributed by atoms with Crippen LogP contribution in [0.4, 0.5) is 0 Å². The molecule has 0 aliphatic rings. The SMILES string of the molecule is CCCCc1nccn1CCCCO. The van der Waals surface area contributed by atoms with Crippen LogP contribution in [0, 0.1) is 0 Å². The van der Waals surface area contributed by atoms with Crippen LogP contribution in [0.5, 0.6) is 0 Å². The Hall–Kier alpha value is -0.830. The van der Waals surface area contributed by atoms with E-state index in [9.17, 15) is 0 Å². The third kappa shape index (κ3) is 3.50. The summed E-state index contributed by atoms with van der Waals surface area (Å²) < 4.78 is 2.20. The minimum Gasteiger partial charge on any atom is -0.396 e. The minimum atomic E-state index is 0.291. The van der Waals surface area contributed by atoms with Crippen LogP contribution in [-0.4, -0.2) is 21.3 Å². The normalized spacial score (nSPS) is 10.7. The standard InChI is InChI=1S/C11H20N2O/c1-2-3-6-11-12-7-9-13(11)8-4-5-10-14/h7,9,14H,2-6,8,10H2,1H3. The topological polar surface area (TPSA) is 38.0 Å². The zero-order chi connectivity index (χ0) is 10.2. The molecule has 0 unspecified atom stereocenters. The van der Waals surface area contributed by atoms with Crippen molar-refractivity contribution in [1.82, 2.24) is 9.55 Å². The van der Waals surface area contributed by atoms with E-state index >= 15 is 0 Å². The van der Waals surface area contributed by atoms with Gasteiger partial charge >= 0.3 is 0 Å². The molecule has 0 fully saturated rings. The van der Waals surface area contributed by atoms with Crippen LogP contribution in [0.3, 0.4) is 0 Å². The molecule has 0 bridgehead atoms. The Bertz CT molecular complexity index is 245. The van der Waals surface area contributed by atoms with Crippen molar-refractivity contribution in [3.05, 3.63) is 18.2 Å². The second-order valence-corrected chi connectivity index (χ2v) is 3.57. The highest BCUT2D eigenvalue weighted by Crippen LogP contribution is 2.05. The monoisotopic (exact) mass is 196 g/mol. The molecule has 1 heterocycles. The predicted octanol–water partition coefficient (Wildman–Crippen LogP) is 2.00. The van der Waals surface area contributed by atoms with Gasteiger partial charge in [0.2, 0.25) is 0 Å². The van der Waals surface area contributed by atoms with Crippen molar-refractivity contribution in [3.8, 4) is 0 Å². The molecule has 1 aromatic heterocycles. The summed E-state index contributed by atoms with van der Waals surface area (Å²) >= 11 is 0. The molecule has 0 spiro atoms. The summed E-state index contributed by atoms with van der Waals surface area (Å²) in [5.41, 5.74) is 0. The third-order valence-corrected chi connectivity index (χ3v) is 2.36. The van der Waals surface area contributed by atoms with Gasteiger partial charge in [-0.15, -0.1) is 0 Å². The molecule has 0 aliphatic heterocycles. The zero-order valence-electron chi connectivity index (χ0n) is 8.95. The van der Waals surface area contributed by atoms with E-state index in [2.05, 4.69) is 16.5 Å². The maximum absolute atomic E-state index is 8.68. The fourth-order valence-electron chi connectivity index (χ4n) is 1.50. The minimum absolute atomic E-state index is 0.291. The lowest BCUT2D eigenvalue weighted by Crippen LogP contribution is -2.03. The molecule has 1 rings (SSSR count). The largest absolute Gasteiger partial charge is 0.396 e.